The minimum Gasteiger partial charge on any atom is -0.319 e. The molecule has 0 atom stereocenters. The van der Waals surface area contributed by atoms with Crippen molar-refractivity contribution in [1.29, 1.82) is 0 Å². The van der Waals surface area contributed by atoms with Crippen molar-refractivity contribution in [3.05, 3.63) is 35.9 Å². The van der Waals surface area contributed by atoms with Crippen molar-refractivity contribution in [3.8, 4) is 0 Å². The Bertz CT molecular complexity index is 296. The van der Waals surface area contributed by atoms with E-state index in [2.05, 4.69) is 42.7 Å². The van der Waals surface area contributed by atoms with Crippen LogP contribution in [0.1, 0.15) is 44.1 Å². The lowest BCUT2D eigenvalue weighted by atomic mass is 9.74. The molecule has 0 bridgehead atoms. The molecule has 1 aliphatic carbocycles. The van der Waals surface area contributed by atoms with Crippen molar-refractivity contribution in [2.24, 2.45) is 0 Å². The van der Waals surface area contributed by atoms with Crippen LogP contribution >= 0.6 is 0 Å². The minimum atomic E-state index is 0.395. The lowest BCUT2D eigenvalue weighted by Crippen LogP contribution is -2.36. The molecule has 1 aliphatic rings. The van der Waals surface area contributed by atoms with Crippen LogP contribution in [0.15, 0.2) is 30.3 Å². The number of benzene rings is 1. The van der Waals surface area contributed by atoms with Gasteiger partial charge in [-0.25, -0.2) is 0 Å². The molecule has 88 valence electrons. The first-order chi connectivity index (χ1) is 7.87. The molecular weight excluding hydrogens is 194 g/mol. The standard InChI is InChI=1S/C15H23N/c1-16-13-15(11-7-2-3-8-12-15)14-9-5-4-6-10-14/h4-6,9-10,16H,2-3,7-8,11-13H2,1H3. The van der Waals surface area contributed by atoms with Crippen LogP contribution in [-0.2, 0) is 5.41 Å². The molecular formula is C15H23N. The Balaban J connectivity index is 2.26. The van der Waals surface area contributed by atoms with Gasteiger partial charge >= 0.3 is 0 Å². The number of rotatable bonds is 3. The maximum Gasteiger partial charge on any atom is 0.00776 e. The van der Waals surface area contributed by atoms with Gasteiger partial charge in [0, 0.05) is 12.0 Å². The van der Waals surface area contributed by atoms with Crippen molar-refractivity contribution >= 4 is 0 Å². The van der Waals surface area contributed by atoms with Gasteiger partial charge in [-0.05, 0) is 25.5 Å². The van der Waals surface area contributed by atoms with E-state index in [0.29, 0.717) is 5.41 Å². The van der Waals surface area contributed by atoms with Crippen LogP contribution in [-0.4, -0.2) is 13.6 Å². The molecule has 1 aromatic carbocycles. The molecule has 16 heavy (non-hydrogen) atoms. The van der Waals surface area contributed by atoms with Gasteiger partial charge in [0.25, 0.3) is 0 Å². The third-order valence-corrected chi connectivity index (χ3v) is 3.96. The molecule has 1 N–H and O–H groups in total. The summed E-state index contributed by atoms with van der Waals surface area (Å²) in [6.07, 6.45) is 8.29. The maximum atomic E-state index is 3.40. The highest BCUT2D eigenvalue weighted by Crippen LogP contribution is 2.37. The first-order valence-electron chi connectivity index (χ1n) is 6.57. The molecule has 1 nitrogen and oxygen atoms in total. The lowest BCUT2D eigenvalue weighted by molar-refractivity contribution is 0.358. The smallest absolute Gasteiger partial charge is 0.00776 e. The van der Waals surface area contributed by atoms with Crippen molar-refractivity contribution in [2.45, 2.75) is 43.9 Å². The summed E-state index contributed by atoms with van der Waals surface area (Å²) in [5.74, 6) is 0. The third kappa shape index (κ3) is 2.46. The Labute approximate surface area is 99.3 Å². The summed E-state index contributed by atoms with van der Waals surface area (Å²) in [7, 11) is 2.08. The monoisotopic (exact) mass is 217 g/mol. The number of hydrogen-bond acceptors (Lipinski definition) is 1. The van der Waals surface area contributed by atoms with Gasteiger partial charge in [0.05, 0.1) is 0 Å². The second kappa shape index (κ2) is 5.49. The molecule has 1 heteroatoms. The van der Waals surface area contributed by atoms with Crippen LogP contribution in [0.2, 0.25) is 0 Å². The van der Waals surface area contributed by atoms with Crippen LogP contribution < -0.4 is 5.32 Å². The van der Waals surface area contributed by atoms with E-state index in [9.17, 15) is 0 Å². The van der Waals surface area contributed by atoms with E-state index in [1.807, 2.05) is 0 Å². The summed E-state index contributed by atoms with van der Waals surface area (Å²) in [5, 5.41) is 3.40. The highest BCUT2D eigenvalue weighted by molar-refractivity contribution is 5.26. The van der Waals surface area contributed by atoms with Gasteiger partial charge in [0.2, 0.25) is 0 Å². The third-order valence-electron chi connectivity index (χ3n) is 3.96. The SMILES string of the molecule is CNCC1(c2ccccc2)CCCCCC1. The predicted molar refractivity (Wildman–Crippen MR) is 69.7 cm³/mol. The van der Waals surface area contributed by atoms with E-state index in [0.717, 1.165) is 6.54 Å². The van der Waals surface area contributed by atoms with E-state index in [4.69, 9.17) is 0 Å². The molecule has 0 aromatic heterocycles. The molecule has 1 saturated carbocycles. The molecule has 0 heterocycles. The van der Waals surface area contributed by atoms with Crippen LogP contribution in [0, 0.1) is 0 Å². The van der Waals surface area contributed by atoms with Crippen molar-refractivity contribution in [2.75, 3.05) is 13.6 Å². The second-order valence-electron chi connectivity index (χ2n) is 5.09. The zero-order valence-corrected chi connectivity index (χ0v) is 10.3. The summed E-state index contributed by atoms with van der Waals surface area (Å²) in [6, 6.07) is 11.1. The van der Waals surface area contributed by atoms with Crippen LogP contribution in [0.4, 0.5) is 0 Å². The fourth-order valence-corrected chi connectivity index (χ4v) is 3.10. The number of nitrogens with one attached hydrogen (secondary N) is 1. The highest BCUT2D eigenvalue weighted by Gasteiger charge is 2.31. The maximum absolute atomic E-state index is 3.40. The van der Waals surface area contributed by atoms with E-state index in [1.54, 1.807) is 0 Å². The molecule has 2 rings (SSSR count). The first-order valence-corrected chi connectivity index (χ1v) is 6.57. The summed E-state index contributed by atoms with van der Waals surface area (Å²) >= 11 is 0. The van der Waals surface area contributed by atoms with Gasteiger partial charge in [-0.3, -0.25) is 0 Å². The van der Waals surface area contributed by atoms with E-state index >= 15 is 0 Å². The molecule has 0 unspecified atom stereocenters. The number of likely N-dealkylation sites (N-methyl/N-ethyl adjacent to an activating group) is 1. The zero-order valence-electron chi connectivity index (χ0n) is 10.3. The fraction of sp³-hybridized carbons (Fsp3) is 0.600. The molecule has 0 saturated heterocycles. The molecule has 0 aliphatic heterocycles. The zero-order chi connectivity index (χ0) is 11.3. The van der Waals surface area contributed by atoms with Gasteiger partial charge < -0.3 is 5.32 Å². The second-order valence-corrected chi connectivity index (χ2v) is 5.09. The largest absolute Gasteiger partial charge is 0.319 e. The fourth-order valence-electron chi connectivity index (χ4n) is 3.10. The molecule has 0 spiro atoms. The van der Waals surface area contributed by atoms with Crippen LogP contribution in [0.3, 0.4) is 0 Å². The Morgan fingerprint density at radius 2 is 1.62 bits per heavy atom. The summed E-state index contributed by atoms with van der Waals surface area (Å²) in [6.45, 7) is 1.12. The summed E-state index contributed by atoms with van der Waals surface area (Å²) in [5.41, 5.74) is 1.93. The highest BCUT2D eigenvalue weighted by atomic mass is 14.8. The van der Waals surface area contributed by atoms with Crippen LogP contribution in [0.25, 0.3) is 0 Å². The van der Waals surface area contributed by atoms with E-state index in [1.165, 1.54) is 44.1 Å². The molecule has 1 fully saturated rings. The Hall–Kier alpha value is -0.820. The van der Waals surface area contributed by atoms with E-state index < -0.39 is 0 Å². The Kier molecular flexibility index (Phi) is 4.00. The summed E-state index contributed by atoms with van der Waals surface area (Å²) < 4.78 is 0. The van der Waals surface area contributed by atoms with Gasteiger partial charge in [0.15, 0.2) is 0 Å². The van der Waals surface area contributed by atoms with Gasteiger partial charge in [-0.2, -0.15) is 0 Å². The topological polar surface area (TPSA) is 12.0 Å². The van der Waals surface area contributed by atoms with Gasteiger partial charge in [-0.1, -0.05) is 56.0 Å². The summed E-state index contributed by atoms with van der Waals surface area (Å²) in [4.78, 5) is 0. The number of hydrogen-bond donors (Lipinski definition) is 1. The minimum absolute atomic E-state index is 0.395. The average molecular weight is 217 g/mol. The quantitative estimate of drug-likeness (QED) is 0.764. The van der Waals surface area contributed by atoms with Crippen LogP contribution in [0.5, 0.6) is 0 Å². The lowest BCUT2D eigenvalue weighted by Gasteiger charge is -2.33. The van der Waals surface area contributed by atoms with Gasteiger partial charge in [-0.15, -0.1) is 0 Å². The Morgan fingerprint density at radius 1 is 1.00 bits per heavy atom. The predicted octanol–water partition coefficient (Wildman–Crippen LogP) is 3.50. The Morgan fingerprint density at radius 3 is 2.19 bits per heavy atom. The van der Waals surface area contributed by atoms with Crippen molar-refractivity contribution in [1.82, 2.24) is 5.32 Å². The van der Waals surface area contributed by atoms with Crippen molar-refractivity contribution < 1.29 is 0 Å². The molecule has 0 amide bonds. The average Bonchev–Trinajstić information content (AvgIpc) is 2.57. The molecule has 0 radical (unpaired) electrons. The normalized spacial score (nSPS) is 20.3. The molecule has 1 aromatic rings. The van der Waals surface area contributed by atoms with Crippen molar-refractivity contribution in [3.63, 3.8) is 0 Å². The first kappa shape index (κ1) is 11.7. The van der Waals surface area contributed by atoms with E-state index in [-0.39, 0.29) is 0 Å². The van der Waals surface area contributed by atoms with Gasteiger partial charge in [0.1, 0.15) is 0 Å².